The fourth-order valence-electron chi connectivity index (χ4n) is 2.53. The first-order valence-corrected chi connectivity index (χ1v) is 8.23. The molecule has 0 unspecified atom stereocenters. The molecule has 4 nitrogen and oxygen atoms in total. The van der Waals surface area contributed by atoms with Crippen LogP contribution in [0.1, 0.15) is 27.0 Å². The summed E-state index contributed by atoms with van der Waals surface area (Å²) in [5.74, 6) is -0.171. The first-order chi connectivity index (χ1) is 12.1. The highest BCUT2D eigenvalue weighted by Gasteiger charge is 2.07. The van der Waals surface area contributed by atoms with Crippen molar-refractivity contribution in [1.29, 1.82) is 0 Å². The lowest BCUT2D eigenvalue weighted by Gasteiger charge is -2.09. The third kappa shape index (κ3) is 4.67. The molecule has 0 fully saturated rings. The molecule has 2 aromatic carbocycles. The van der Waals surface area contributed by atoms with Gasteiger partial charge in [-0.25, -0.2) is 0 Å². The van der Waals surface area contributed by atoms with E-state index in [9.17, 15) is 4.79 Å². The molecule has 0 spiro atoms. The van der Waals surface area contributed by atoms with Crippen molar-refractivity contribution in [1.82, 2.24) is 4.98 Å². The third-order valence-corrected chi connectivity index (χ3v) is 3.89. The zero-order chi connectivity index (χ0) is 17.6. The molecule has 0 aliphatic heterocycles. The smallest absolute Gasteiger partial charge is 0.257 e. The van der Waals surface area contributed by atoms with Gasteiger partial charge in [0.2, 0.25) is 0 Å². The number of aromatic nitrogens is 1. The standard InChI is InChI=1S/C21H21N3O/c1-15-6-8-19(9-7-15)24-21(25)18-11-20(14-22-13-18)23-12-17-5-3-4-16(2)10-17/h3-11,13-14,23H,12H2,1-2H3,(H,24,25). The predicted molar refractivity (Wildman–Crippen MR) is 102 cm³/mol. The van der Waals surface area contributed by atoms with Crippen molar-refractivity contribution in [3.8, 4) is 0 Å². The van der Waals surface area contributed by atoms with Gasteiger partial charge in [0.15, 0.2) is 0 Å². The highest BCUT2D eigenvalue weighted by atomic mass is 16.1. The van der Waals surface area contributed by atoms with Crippen LogP contribution in [-0.2, 0) is 6.54 Å². The summed E-state index contributed by atoms with van der Waals surface area (Å²) in [6, 6.07) is 17.8. The molecule has 4 heteroatoms. The summed E-state index contributed by atoms with van der Waals surface area (Å²) in [6.07, 6.45) is 3.29. The number of carbonyl (C=O) groups excluding carboxylic acids is 1. The number of rotatable bonds is 5. The quantitative estimate of drug-likeness (QED) is 0.720. The molecule has 3 aromatic rings. The number of carbonyl (C=O) groups is 1. The Bertz CT molecular complexity index is 872. The molecule has 0 atom stereocenters. The molecule has 0 aliphatic carbocycles. The molecule has 126 valence electrons. The number of pyridine rings is 1. The second kappa shape index (κ2) is 7.62. The Morgan fingerprint density at radius 1 is 0.920 bits per heavy atom. The van der Waals surface area contributed by atoms with Gasteiger partial charge in [0.1, 0.15) is 0 Å². The van der Waals surface area contributed by atoms with E-state index in [-0.39, 0.29) is 5.91 Å². The molecule has 1 amide bonds. The molecule has 25 heavy (non-hydrogen) atoms. The second-order valence-electron chi connectivity index (χ2n) is 6.13. The van der Waals surface area contributed by atoms with Crippen molar-refractivity contribution in [2.24, 2.45) is 0 Å². The third-order valence-electron chi connectivity index (χ3n) is 3.89. The van der Waals surface area contributed by atoms with E-state index >= 15 is 0 Å². The summed E-state index contributed by atoms with van der Waals surface area (Å²) in [5, 5.41) is 6.20. The monoisotopic (exact) mass is 331 g/mol. The summed E-state index contributed by atoms with van der Waals surface area (Å²) in [7, 11) is 0. The van der Waals surface area contributed by atoms with Crippen molar-refractivity contribution >= 4 is 17.3 Å². The van der Waals surface area contributed by atoms with Gasteiger partial charge < -0.3 is 10.6 Å². The number of hydrogen-bond acceptors (Lipinski definition) is 3. The fraction of sp³-hybridized carbons (Fsp3) is 0.143. The molecular weight excluding hydrogens is 310 g/mol. The van der Waals surface area contributed by atoms with Crippen molar-refractivity contribution < 1.29 is 4.79 Å². The number of amides is 1. The lowest BCUT2D eigenvalue weighted by molar-refractivity contribution is 0.102. The Morgan fingerprint density at radius 2 is 1.72 bits per heavy atom. The summed E-state index contributed by atoms with van der Waals surface area (Å²) in [6.45, 7) is 4.77. The summed E-state index contributed by atoms with van der Waals surface area (Å²) in [4.78, 5) is 16.6. The van der Waals surface area contributed by atoms with Gasteiger partial charge >= 0.3 is 0 Å². The minimum Gasteiger partial charge on any atom is -0.380 e. The average Bonchev–Trinajstić information content (AvgIpc) is 2.62. The van der Waals surface area contributed by atoms with E-state index in [2.05, 4.69) is 40.7 Å². The molecule has 0 saturated carbocycles. The molecule has 3 rings (SSSR count). The lowest BCUT2D eigenvalue weighted by Crippen LogP contribution is -2.12. The normalized spacial score (nSPS) is 10.3. The number of benzene rings is 2. The maximum atomic E-state index is 12.4. The van der Waals surface area contributed by atoms with Crippen LogP contribution >= 0.6 is 0 Å². The molecule has 0 aliphatic rings. The van der Waals surface area contributed by atoms with Gasteiger partial charge in [-0.15, -0.1) is 0 Å². The van der Waals surface area contributed by atoms with Crippen LogP contribution in [-0.4, -0.2) is 10.9 Å². The minimum absolute atomic E-state index is 0.171. The van der Waals surface area contributed by atoms with Crippen LogP contribution in [0.2, 0.25) is 0 Å². The molecule has 0 saturated heterocycles. The highest BCUT2D eigenvalue weighted by molar-refractivity contribution is 6.04. The summed E-state index contributed by atoms with van der Waals surface area (Å²) in [5.41, 5.74) is 5.68. The van der Waals surface area contributed by atoms with Crippen LogP contribution in [0.25, 0.3) is 0 Å². The van der Waals surface area contributed by atoms with Crippen LogP contribution in [0.5, 0.6) is 0 Å². The van der Waals surface area contributed by atoms with E-state index in [1.54, 1.807) is 12.4 Å². The Labute approximate surface area is 147 Å². The SMILES string of the molecule is Cc1ccc(NC(=O)c2cncc(NCc3cccc(C)c3)c2)cc1. The number of aryl methyl sites for hydroxylation is 2. The number of hydrogen-bond donors (Lipinski definition) is 2. The molecule has 1 heterocycles. The second-order valence-corrected chi connectivity index (χ2v) is 6.13. The van der Waals surface area contributed by atoms with Gasteiger partial charge in [-0.1, -0.05) is 47.5 Å². The molecule has 0 radical (unpaired) electrons. The fourth-order valence-corrected chi connectivity index (χ4v) is 2.53. The molecular formula is C21H21N3O. The van der Waals surface area contributed by atoms with Crippen molar-refractivity contribution in [3.05, 3.63) is 89.2 Å². The first kappa shape index (κ1) is 16.7. The van der Waals surface area contributed by atoms with Crippen LogP contribution in [0.4, 0.5) is 11.4 Å². The van der Waals surface area contributed by atoms with Crippen molar-refractivity contribution in [2.45, 2.75) is 20.4 Å². The van der Waals surface area contributed by atoms with E-state index < -0.39 is 0 Å². The molecule has 0 bridgehead atoms. The van der Waals surface area contributed by atoms with Crippen molar-refractivity contribution in [3.63, 3.8) is 0 Å². The number of nitrogens with zero attached hydrogens (tertiary/aromatic N) is 1. The van der Waals surface area contributed by atoms with E-state index in [0.717, 1.165) is 16.9 Å². The number of anilines is 2. The topological polar surface area (TPSA) is 54.0 Å². The van der Waals surface area contributed by atoms with Gasteiger partial charge in [-0.2, -0.15) is 0 Å². The van der Waals surface area contributed by atoms with Crippen LogP contribution in [0.3, 0.4) is 0 Å². The van der Waals surface area contributed by atoms with Gasteiger partial charge in [0, 0.05) is 24.6 Å². The van der Waals surface area contributed by atoms with E-state index in [1.807, 2.05) is 43.3 Å². The highest BCUT2D eigenvalue weighted by Crippen LogP contribution is 2.14. The average molecular weight is 331 g/mol. The van der Waals surface area contributed by atoms with Crippen LogP contribution in [0, 0.1) is 13.8 Å². The Morgan fingerprint density at radius 3 is 2.48 bits per heavy atom. The van der Waals surface area contributed by atoms with Gasteiger partial charge in [0.05, 0.1) is 11.3 Å². The summed E-state index contributed by atoms with van der Waals surface area (Å²) >= 11 is 0. The van der Waals surface area contributed by atoms with Crippen LogP contribution in [0.15, 0.2) is 67.0 Å². The zero-order valence-electron chi connectivity index (χ0n) is 14.4. The van der Waals surface area contributed by atoms with Crippen LogP contribution < -0.4 is 10.6 Å². The van der Waals surface area contributed by atoms with Gasteiger partial charge in [0.25, 0.3) is 5.91 Å². The molecule has 1 aromatic heterocycles. The Balaban J connectivity index is 1.66. The molecule has 2 N–H and O–H groups in total. The zero-order valence-corrected chi connectivity index (χ0v) is 14.4. The van der Waals surface area contributed by atoms with Gasteiger partial charge in [-0.3, -0.25) is 9.78 Å². The predicted octanol–water partition coefficient (Wildman–Crippen LogP) is 4.56. The van der Waals surface area contributed by atoms with Gasteiger partial charge in [-0.05, 0) is 37.6 Å². The van der Waals surface area contributed by atoms with Crippen molar-refractivity contribution in [2.75, 3.05) is 10.6 Å². The Kier molecular flexibility index (Phi) is 5.09. The Hall–Kier alpha value is -3.14. The minimum atomic E-state index is -0.171. The first-order valence-electron chi connectivity index (χ1n) is 8.23. The maximum Gasteiger partial charge on any atom is 0.257 e. The maximum absolute atomic E-state index is 12.4. The number of nitrogens with one attached hydrogen (secondary N) is 2. The van der Waals surface area contributed by atoms with E-state index in [0.29, 0.717) is 12.1 Å². The summed E-state index contributed by atoms with van der Waals surface area (Å²) < 4.78 is 0. The largest absolute Gasteiger partial charge is 0.380 e. The lowest BCUT2D eigenvalue weighted by atomic mass is 10.1. The van der Waals surface area contributed by atoms with E-state index in [1.165, 1.54) is 11.1 Å². The van der Waals surface area contributed by atoms with E-state index in [4.69, 9.17) is 0 Å².